The highest BCUT2D eigenvalue weighted by molar-refractivity contribution is 5.95. The van der Waals surface area contributed by atoms with Gasteiger partial charge < -0.3 is 4.90 Å². The fourth-order valence-corrected chi connectivity index (χ4v) is 1.82. The molecule has 0 aromatic carbocycles. The number of rotatable bonds is 1. The molecule has 0 unspecified atom stereocenters. The maximum atomic E-state index is 11.6. The van der Waals surface area contributed by atoms with Crippen LogP contribution in [0, 0.1) is 0 Å². The summed E-state index contributed by atoms with van der Waals surface area (Å²) in [6.07, 6.45) is 4.87. The maximum absolute atomic E-state index is 11.6. The molecule has 66 valence electrons. The summed E-state index contributed by atoms with van der Waals surface area (Å²) in [5.41, 5.74) is 2.44. The standard InChI is InChI=1S/C10H15NO/c1-8(9-4-2-3-5-9)10(12)11-6-7-11/h2-7H2,1H3. The third-order valence-corrected chi connectivity index (χ3v) is 2.79. The van der Waals surface area contributed by atoms with E-state index < -0.39 is 0 Å². The van der Waals surface area contributed by atoms with E-state index in [0.717, 1.165) is 31.5 Å². The van der Waals surface area contributed by atoms with Crippen molar-refractivity contribution in [2.75, 3.05) is 13.1 Å². The van der Waals surface area contributed by atoms with E-state index in [1.54, 1.807) is 0 Å². The lowest BCUT2D eigenvalue weighted by molar-refractivity contribution is -0.121. The van der Waals surface area contributed by atoms with Crippen LogP contribution in [0.15, 0.2) is 11.1 Å². The molecular formula is C10H15NO. The van der Waals surface area contributed by atoms with Gasteiger partial charge in [0.1, 0.15) is 0 Å². The minimum Gasteiger partial charge on any atom is -0.335 e. The summed E-state index contributed by atoms with van der Waals surface area (Å²) in [6, 6.07) is 0. The lowest BCUT2D eigenvalue weighted by atomic mass is 10.1. The molecule has 2 heteroatoms. The van der Waals surface area contributed by atoms with Gasteiger partial charge in [-0.2, -0.15) is 0 Å². The van der Waals surface area contributed by atoms with Gasteiger partial charge in [0, 0.05) is 18.7 Å². The van der Waals surface area contributed by atoms with E-state index in [0.29, 0.717) is 0 Å². The zero-order chi connectivity index (χ0) is 8.55. The molecule has 2 aliphatic rings. The molecule has 1 saturated heterocycles. The Bertz CT molecular complexity index is 230. The molecular weight excluding hydrogens is 150 g/mol. The first kappa shape index (κ1) is 7.84. The van der Waals surface area contributed by atoms with Crippen LogP contribution >= 0.6 is 0 Å². The summed E-state index contributed by atoms with van der Waals surface area (Å²) in [5, 5.41) is 0. The van der Waals surface area contributed by atoms with Gasteiger partial charge in [0.15, 0.2) is 0 Å². The second-order valence-corrected chi connectivity index (χ2v) is 3.73. The van der Waals surface area contributed by atoms with Crippen molar-refractivity contribution in [3.63, 3.8) is 0 Å². The molecule has 1 amide bonds. The molecule has 2 nitrogen and oxygen atoms in total. The SMILES string of the molecule is CC(C(=O)N1CC1)=C1CCCC1. The van der Waals surface area contributed by atoms with Crippen molar-refractivity contribution >= 4 is 5.91 Å². The van der Waals surface area contributed by atoms with Crippen LogP contribution in [0.5, 0.6) is 0 Å². The Balaban J connectivity index is 2.09. The first-order valence-corrected chi connectivity index (χ1v) is 4.77. The van der Waals surface area contributed by atoms with Crippen LogP contribution in [0.2, 0.25) is 0 Å². The number of carbonyl (C=O) groups excluding carboxylic acids is 1. The van der Waals surface area contributed by atoms with Crippen LogP contribution in [0.25, 0.3) is 0 Å². The summed E-state index contributed by atoms with van der Waals surface area (Å²) in [7, 11) is 0. The molecule has 0 bridgehead atoms. The molecule has 0 atom stereocenters. The summed E-state index contributed by atoms with van der Waals surface area (Å²) in [6.45, 7) is 3.94. The molecule has 2 rings (SSSR count). The van der Waals surface area contributed by atoms with Crippen LogP contribution in [0.1, 0.15) is 32.6 Å². The largest absolute Gasteiger partial charge is 0.335 e. The highest BCUT2D eigenvalue weighted by atomic mass is 16.2. The van der Waals surface area contributed by atoms with Gasteiger partial charge in [-0.3, -0.25) is 4.79 Å². The van der Waals surface area contributed by atoms with Gasteiger partial charge in [-0.25, -0.2) is 0 Å². The van der Waals surface area contributed by atoms with E-state index in [9.17, 15) is 4.79 Å². The zero-order valence-electron chi connectivity index (χ0n) is 7.60. The fourth-order valence-electron chi connectivity index (χ4n) is 1.82. The lowest BCUT2D eigenvalue weighted by Crippen LogP contribution is -2.12. The Morgan fingerprint density at radius 3 is 2.33 bits per heavy atom. The average molecular weight is 165 g/mol. The van der Waals surface area contributed by atoms with E-state index in [-0.39, 0.29) is 5.91 Å². The van der Waals surface area contributed by atoms with Gasteiger partial charge in [-0.1, -0.05) is 5.57 Å². The Labute approximate surface area is 73.2 Å². The molecule has 1 aliphatic carbocycles. The Kier molecular flexibility index (Phi) is 1.91. The van der Waals surface area contributed by atoms with Gasteiger partial charge in [-0.05, 0) is 32.6 Å². The minimum atomic E-state index is 0.284. The number of carbonyl (C=O) groups is 1. The van der Waals surface area contributed by atoms with Crippen molar-refractivity contribution in [2.45, 2.75) is 32.6 Å². The molecule has 1 heterocycles. The molecule has 0 aromatic rings. The molecule has 1 saturated carbocycles. The Hall–Kier alpha value is -0.790. The first-order valence-electron chi connectivity index (χ1n) is 4.77. The minimum absolute atomic E-state index is 0.284. The van der Waals surface area contributed by atoms with Crippen LogP contribution in [0.3, 0.4) is 0 Å². The predicted octanol–water partition coefficient (Wildman–Crippen LogP) is 1.72. The van der Waals surface area contributed by atoms with Gasteiger partial charge in [0.25, 0.3) is 0 Å². The molecule has 2 fully saturated rings. The lowest BCUT2D eigenvalue weighted by Gasteiger charge is -2.04. The van der Waals surface area contributed by atoms with Crippen molar-refractivity contribution < 1.29 is 4.79 Å². The predicted molar refractivity (Wildman–Crippen MR) is 47.7 cm³/mol. The summed E-state index contributed by atoms with van der Waals surface area (Å²) < 4.78 is 0. The van der Waals surface area contributed by atoms with Crippen LogP contribution in [-0.2, 0) is 4.79 Å². The second kappa shape index (κ2) is 2.92. The summed E-state index contributed by atoms with van der Waals surface area (Å²) >= 11 is 0. The molecule has 0 spiro atoms. The molecule has 0 aromatic heterocycles. The molecule has 0 N–H and O–H groups in total. The van der Waals surface area contributed by atoms with Crippen molar-refractivity contribution in [1.82, 2.24) is 4.90 Å². The van der Waals surface area contributed by atoms with Gasteiger partial charge in [0.2, 0.25) is 5.91 Å². The average Bonchev–Trinajstić information content (AvgIpc) is 2.79. The smallest absolute Gasteiger partial charge is 0.249 e. The number of nitrogens with zero attached hydrogens (tertiary/aromatic N) is 1. The first-order chi connectivity index (χ1) is 5.79. The highest BCUT2D eigenvalue weighted by Crippen LogP contribution is 2.28. The molecule has 1 aliphatic heterocycles. The normalized spacial score (nSPS) is 21.4. The second-order valence-electron chi connectivity index (χ2n) is 3.73. The van der Waals surface area contributed by atoms with Gasteiger partial charge in [0.05, 0.1) is 0 Å². The fraction of sp³-hybridized carbons (Fsp3) is 0.700. The van der Waals surface area contributed by atoms with Crippen molar-refractivity contribution in [3.8, 4) is 0 Å². The summed E-state index contributed by atoms with van der Waals surface area (Å²) in [4.78, 5) is 13.5. The zero-order valence-corrected chi connectivity index (χ0v) is 7.60. The van der Waals surface area contributed by atoms with Crippen molar-refractivity contribution in [3.05, 3.63) is 11.1 Å². The molecule has 12 heavy (non-hydrogen) atoms. The van der Waals surface area contributed by atoms with Crippen molar-refractivity contribution in [2.24, 2.45) is 0 Å². The van der Waals surface area contributed by atoms with E-state index >= 15 is 0 Å². The van der Waals surface area contributed by atoms with E-state index in [2.05, 4.69) is 0 Å². The van der Waals surface area contributed by atoms with Crippen molar-refractivity contribution in [1.29, 1.82) is 0 Å². The summed E-state index contributed by atoms with van der Waals surface area (Å²) in [5.74, 6) is 0.284. The number of hydrogen-bond donors (Lipinski definition) is 0. The van der Waals surface area contributed by atoms with Crippen LogP contribution in [-0.4, -0.2) is 23.9 Å². The van der Waals surface area contributed by atoms with Crippen LogP contribution < -0.4 is 0 Å². The maximum Gasteiger partial charge on any atom is 0.249 e. The van der Waals surface area contributed by atoms with E-state index in [1.165, 1.54) is 18.4 Å². The Morgan fingerprint density at radius 1 is 1.25 bits per heavy atom. The highest BCUT2D eigenvalue weighted by Gasteiger charge is 2.26. The van der Waals surface area contributed by atoms with Gasteiger partial charge in [-0.15, -0.1) is 0 Å². The topological polar surface area (TPSA) is 20.1 Å². The molecule has 0 radical (unpaired) electrons. The number of amides is 1. The third kappa shape index (κ3) is 1.38. The van der Waals surface area contributed by atoms with Crippen LogP contribution in [0.4, 0.5) is 0 Å². The monoisotopic (exact) mass is 165 g/mol. The van der Waals surface area contributed by atoms with E-state index in [1.807, 2.05) is 11.8 Å². The number of hydrogen-bond acceptors (Lipinski definition) is 1. The van der Waals surface area contributed by atoms with E-state index in [4.69, 9.17) is 0 Å². The Morgan fingerprint density at radius 2 is 1.83 bits per heavy atom. The third-order valence-electron chi connectivity index (χ3n) is 2.79. The number of allylic oxidation sites excluding steroid dienone is 1. The quantitative estimate of drug-likeness (QED) is 0.428. The van der Waals surface area contributed by atoms with Gasteiger partial charge >= 0.3 is 0 Å².